The molecule has 0 fully saturated rings. The summed E-state index contributed by atoms with van der Waals surface area (Å²) in [6.07, 6.45) is 2.78. The minimum absolute atomic E-state index is 0.118. The average molecular weight is 201 g/mol. The Hall–Kier alpha value is -0.410. The van der Waals surface area contributed by atoms with Crippen LogP contribution in [-0.4, -0.2) is 42.5 Å². The molecule has 0 aliphatic rings. The third-order valence-electron chi connectivity index (χ3n) is 3.24. The lowest BCUT2D eigenvalue weighted by Crippen LogP contribution is -2.42. The fourth-order valence-electron chi connectivity index (χ4n) is 1.47. The molecule has 0 aliphatic carbocycles. The van der Waals surface area contributed by atoms with Gasteiger partial charge in [-0.25, -0.2) is 0 Å². The molecule has 14 heavy (non-hydrogen) atoms. The number of aldehydes is 1. The van der Waals surface area contributed by atoms with Gasteiger partial charge in [0, 0.05) is 18.0 Å². The molecule has 0 radical (unpaired) electrons. The number of carbonyl (C=O) groups is 1. The van der Waals surface area contributed by atoms with Crippen molar-refractivity contribution < 1.29 is 9.90 Å². The van der Waals surface area contributed by atoms with Crippen LogP contribution in [0.1, 0.15) is 33.6 Å². The molecule has 0 bridgehead atoms. The van der Waals surface area contributed by atoms with E-state index < -0.39 is 0 Å². The molecule has 3 nitrogen and oxygen atoms in total. The van der Waals surface area contributed by atoms with Gasteiger partial charge < -0.3 is 14.8 Å². The van der Waals surface area contributed by atoms with Gasteiger partial charge in [-0.05, 0) is 26.8 Å². The Morgan fingerprint density at radius 1 is 1.43 bits per heavy atom. The summed E-state index contributed by atoms with van der Waals surface area (Å²) < 4.78 is 0. The lowest BCUT2D eigenvalue weighted by atomic mass is 9.83. The van der Waals surface area contributed by atoms with Gasteiger partial charge in [-0.1, -0.05) is 13.8 Å². The molecule has 1 N–H and O–H groups in total. The van der Waals surface area contributed by atoms with Crippen molar-refractivity contribution >= 4 is 6.29 Å². The van der Waals surface area contributed by atoms with Gasteiger partial charge in [-0.15, -0.1) is 0 Å². The second-order valence-electron chi connectivity index (χ2n) is 4.13. The molecule has 0 aromatic rings. The van der Waals surface area contributed by atoms with Crippen molar-refractivity contribution in [3.05, 3.63) is 0 Å². The molecule has 0 saturated heterocycles. The number of likely N-dealkylation sites (N-methyl/N-ethyl adjacent to an activating group) is 1. The van der Waals surface area contributed by atoms with Crippen molar-refractivity contribution in [3.8, 4) is 0 Å². The van der Waals surface area contributed by atoms with Crippen LogP contribution in [0.5, 0.6) is 0 Å². The molecule has 0 amide bonds. The van der Waals surface area contributed by atoms with Crippen LogP contribution in [0, 0.1) is 5.41 Å². The molecule has 0 aromatic carbocycles. The zero-order chi connectivity index (χ0) is 11.2. The summed E-state index contributed by atoms with van der Waals surface area (Å²) in [6.45, 7) is 6.90. The topological polar surface area (TPSA) is 40.5 Å². The minimum Gasteiger partial charge on any atom is -0.395 e. The summed E-state index contributed by atoms with van der Waals surface area (Å²) in [5.41, 5.74) is -0.238. The molecule has 1 unspecified atom stereocenters. The second kappa shape index (κ2) is 6.14. The van der Waals surface area contributed by atoms with Crippen LogP contribution in [-0.2, 0) is 4.79 Å². The molecule has 1 atom stereocenters. The lowest BCUT2D eigenvalue weighted by Gasteiger charge is -2.33. The first-order chi connectivity index (χ1) is 6.55. The van der Waals surface area contributed by atoms with Gasteiger partial charge in [-0.2, -0.15) is 0 Å². The highest BCUT2D eigenvalue weighted by Gasteiger charge is 2.28. The lowest BCUT2D eigenvalue weighted by molar-refractivity contribution is -0.118. The summed E-state index contributed by atoms with van der Waals surface area (Å²) in [4.78, 5) is 13.1. The summed E-state index contributed by atoms with van der Waals surface area (Å²) in [5.74, 6) is 0. The predicted molar refractivity (Wildman–Crippen MR) is 58.3 cm³/mol. The van der Waals surface area contributed by atoms with Crippen molar-refractivity contribution in [2.75, 3.05) is 20.2 Å². The highest BCUT2D eigenvalue weighted by atomic mass is 16.3. The monoisotopic (exact) mass is 201 g/mol. The first-order valence-corrected chi connectivity index (χ1v) is 5.32. The Labute approximate surface area is 87.1 Å². The number of nitrogens with zero attached hydrogens (tertiary/aromatic N) is 1. The largest absolute Gasteiger partial charge is 0.395 e. The molecule has 0 aromatic heterocycles. The van der Waals surface area contributed by atoms with Crippen LogP contribution in [0.3, 0.4) is 0 Å². The summed E-state index contributed by atoms with van der Waals surface area (Å²) in [5, 5.41) is 8.99. The van der Waals surface area contributed by atoms with E-state index in [0.29, 0.717) is 0 Å². The van der Waals surface area contributed by atoms with Gasteiger partial charge >= 0.3 is 0 Å². The summed E-state index contributed by atoms with van der Waals surface area (Å²) in [6, 6.07) is 0.118. The Bertz CT molecular complexity index is 167. The molecule has 3 heteroatoms. The van der Waals surface area contributed by atoms with Gasteiger partial charge in [0.2, 0.25) is 0 Å². The zero-order valence-corrected chi connectivity index (χ0v) is 9.79. The maximum absolute atomic E-state index is 11.0. The fourth-order valence-corrected chi connectivity index (χ4v) is 1.47. The molecular formula is C11H23NO2. The van der Waals surface area contributed by atoms with Gasteiger partial charge in [0.15, 0.2) is 0 Å². The number of carbonyl (C=O) groups excluding carboxylic acids is 1. The number of aliphatic hydroxyl groups is 1. The van der Waals surface area contributed by atoms with Gasteiger partial charge in [0.05, 0.1) is 6.61 Å². The molecule has 0 spiro atoms. The van der Waals surface area contributed by atoms with Crippen LogP contribution in [0.15, 0.2) is 0 Å². The number of aliphatic hydroxyl groups excluding tert-OH is 1. The van der Waals surface area contributed by atoms with E-state index in [1.165, 1.54) is 0 Å². The van der Waals surface area contributed by atoms with Gasteiger partial charge in [0.25, 0.3) is 0 Å². The fraction of sp³-hybridized carbons (Fsp3) is 0.909. The van der Waals surface area contributed by atoms with E-state index in [9.17, 15) is 4.79 Å². The smallest absolute Gasteiger partial charge is 0.127 e. The molecular weight excluding hydrogens is 178 g/mol. The van der Waals surface area contributed by atoms with E-state index >= 15 is 0 Å². The average Bonchev–Trinajstić information content (AvgIpc) is 2.24. The third kappa shape index (κ3) is 3.39. The van der Waals surface area contributed by atoms with Gasteiger partial charge in [0.1, 0.15) is 6.29 Å². The summed E-state index contributed by atoms with van der Waals surface area (Å²) in [7, 11) is 1.95. The third-order valence-corrected chi connectivity index (χ3v) is 3.24. The van der Waals surface area contributed by atoms with Crippen molar-refractivity contribution in [1.29, 1.82) is 0 Å². The van der Waals surface area contributed by atoms with Crippen LogP contribution in [0.25, 0.3) is 0 Å². The van der Waals surface area contributed by atoms with E-state index in [1.807, 2.05) is 32.7 Å². The van der Waals surface area contributed by atoms with Crippen LogP contribution in [0.4, 0.5) is 0 Å². The Morgan fingerprint density at radius 2 is 1.93 bits per heavy atom. The van der Waals surface area contributed by atoms with Crippen LogP contribution in [0.2, 0.25) is 0 Å². The maximum Gasteiger partial charge on any atom is 0.127 e. The molecule has 0 aliphatic heterocycles. The van der Waals surface area contributed by atoms with E-state index in [-0.39, 0.29) is 18.1 Å². The van der Waals surface area contributed by atoms with E-state index in [1.54, 1.807) is 0 Å². The van der Waals surface area contributed by atoms with E-state index in [4.69, 9.17) is 5.11 Å². The highest BCUT2D eigenvalue weighted by Crippen LogP contribution is 2.24. The van der Waals surface area contributed by atoms with Crippen molar-refractivity contribution in [2.45, 2.75) is 39.7 Å². The maximum atomic E-state index is 11.0. The van der Waals surface area contributed by atoms with Crippen molar-refractivity contribution in [1.82, 2.24) is 4.90 Å². The summed E-state index contributed by atoms with van der Waals surface area (Å²) >= 11 is 0. The van der Waals surface area contributed by atoms with Gasteiger partial charge in [-0.3, -0.25) is 0 Å². The van der Waals surface area contributed by atoms with Crippen LogP contribution < -0.4 is 0 Å². The zero-order valence-electron chi connectivity index (χ0n) is 9.79. The Morgan fingerprint density at radius 3 is 2.21 bits per heavy atom. The minimum atomic E-state index is -0.238. The number of hydrogen-bond acceptors (Lipinski definition) is 3. The molecule has 0 saturated carbocycles. The van der Waals surface area contributed by atoms with Crippen molar-refractivity contribution in [2.24, 2.45) is 5.41 Å². The number of rotatable bonds is 7. The number of hydrogen-bond donors (Lipinski definition) is 1. The second-order valence-corrected chi connectivity index (χ2v) is 4.13. The standard InChI is InChI=1S/C11H23NO2/c1-5-11(6-2,9-14)8-12(4)10(3)7-13/h9-10,13H,5-8H2,1-4H3. The molecule has 0 heterocycles. The van der Waals surface area contributed by atoms with E-state index in [0.717, 1.165) is 25.7 Å². The Kier molecular flexibility index (Phi) is 5.96. The van der Waals surface area contributed by atoms with Crippen LogP contribution >= 0.6 is 0 Å². The normalized spacial score (nSPS) is 14.4. The Balaban J connectivity index is 4.36. The first kappa shape index (κ1) is 13.6. The van der Waals surface area contributed by atoms with E-state index in [2.05, 4.69) is 0 Å². The predicted octanol–water partition coefficient (Wildman–Crippen LogP) is 1.30. The first-order valence-electron chi connectivity index (χ1n) is 5.32. The quantitative estimate of drug-likeness (QED) is 0.631. The highest BCUT2D eigenvalue weighted by molar-refractivity contribution is 5.59. The molecule has 0 rings (SSSR count). The SMILES string of the molecule is CCC(C=O)(CC)CN(C)C(C)CO. The van der Waals surface area contributed by atoms with Crippen molar-refractivity contribution in [3.63, 3.8) is 0 Å². The molecule has 84 valence electrons.